The van der Waals surface area contributed by atoms with Crippen LogP contribution in [0.5, 0.6) is 0 Å². The van der Waals surface area contributed by atoms with E-state index in [0.717, 1.165) is 0 Å². The van der Waals surface area contributed by atoms with Crippen molar-refractivity contribution < 1.29 is 29.5 Å². The molecule has 0 heterocycles. The summed E-state index contributed by atoms with van der Waals surface area (Å²) in [6.07, 6.45) is 0. The third-order valence-corrected chi connectivity index (χ3v) is 0.0786. The van der Waals surface area contributed by atoms with Crippen molar-refractivity contribution in [2.24, 2.45) is 0 Å². The molecular weight excluding hydrogens is 205 g/mol. The Morgan fingerprint density at radius 3 is 1.11 bits per heavy atom. The zero-order chi connectivity index (χ0) is 6.83. The molecule has 0 aliphatic rings. The monoisotopic (exact) mass is 206 g/mol. The molecule has 0 aromatic rings. The van der Waals surface area contributed by atoms with E-state index in [0.29, 0.717) is 0 Å². The third-order valence-electron chi connectivity index (χ3n) is 0.0786. The van der Waals surface area contributed by atoms with Gasteiger partial charge in [-0.05, 0) is 0 Å². The second-order valence-corrected chi connectivity index (χ2v) is 0.385. The summed E-state index contributed by atoms with van der Waals surface area (Å²) in [6, 6.07) is 0. The first kappa shape index (κ1) is 16.4. The first-order chi connectivity index (χ1) is 3.83. The smallest absolute Gasteiger partial charge is 2.00 e. The predicted octanol–water partition coefficient (Wildman–Crippen LogP) is -3.89. The fourth-order valence-corrected chi connectivity index (χ4v) is 0. The van der Waals surface area contributed by atoms with Gasteiger partial charge in [0, 0.05) is 0 Å². The van der Waals surface area contributed by atoms with Crippen molar-refractivity contribution in [2.75, 3.05) is 0 Å². The summed E-state index contributed by atoms with van der Waals surface area (Å²) < 4.78 is 17.3. The van der Waals surface area contributed by atoms with Crippen molar-refractivity contribution >= 4 is 60.2 Å². The standard InChI is InChI=1S/2BHO3.Sr/c2*2-1-4-3;/h2*3H;/q;;+2/p-2. The third kappa shape index (κ3) is 53.0. The van der Waals surface area contributed by atoms with Gasteiger partial charge < -0.3 is 0 Å². The van der Waals surface area contributed by atoms with E-state index in [-0.39, 0.29) is 60.2 Å². The summed E-state index contributed by atoms with van der Waals surface area (Å²) in [4.78, 5) is 5.22. The molecule has 0 aliphatic carbocycles. The number of rotatable bonds is 2. The Hall–Kier alpha value is 0.730. The van der Waals surface area contributed by atoms with E-state index in [9.17, 15) is 0 Å². The zero-order valence-electron chi connectivity index (χ0n) is 4.31. The molecule has 0 rings (SSSR count). The maximum Gasteiger partial charge on any atom is 2.00 e. The zero-order valence-corrected chi connectivity index (χ0v) is 7.79. The molecule has 6 nitrogen and oxygen atoms in total. The van der Waals surface area contributed by atoms with E-state index in [2.05, 4.69) is 9.61 Å². The van der Waals surface area contributed by atoms with Crippen LogP contribution in [0.25, 0.3) is 0 Å². The van der Waals surface area contributed by atoms with Gasteiger partial charge in [-0.1, -0.05) is 0 Å². The van der Waals surface area contributed by atoms with E-state index >= 15 is 0 Å². The van der Waals surface area contributed by atoms with E-state index < -0.39 is 0 Å². The van der Waals surface area contributed by atoms with Crippen LogP contribution in [-0.2, 0) is 19.0 Å². The first-order valence-corrected chi connectivity index (χ1v) is 1.28. The van der Waals surface area contributed by atoms with Crippen LogP contribution < -0.4 is 10.5 Å². The molecule has 0 saturated heterocycles. The van der Waals surface area contributed by atoms with Crippen LogP contribution in [0, 0.1) is 0 Å². The average molecular weight is 205 g/mol. The van der Waals surface area contributed by atoms with Gasteiger partial charge in [0.15, 0.2) is 0 Å². The predicted molar refractivity (Wildman–Crippen MR) is 20.8 cm³/mol. The fraction of sp³-hybridized carbons (Fsp3) is 0. The molecule has 0 aromatic heterocycles. The summed E-state index contributed by atoms with van der Waals surface area (Å²) in [7, 11) is -0.361. The number of hydrogen-bond donors (Lipinski definition) is 0. The average Bonchev–Trinajstić information content (AvgIpc) is 1.88. The van der Waals surface area contributed by atoms with E-state index in [1.165, 1.54) is 0 Å². The van der Waals surface area contributed by atoms with Crippen LogP contribution in [0.2, 0.25) is 0 Å². The SMILES string of the molecule is O=BO[O-].O=BO[O-].[Sr+2]. The van der Waals surface area contributed by atoms with E-state index in [1.54, 1.807) is 0 Å². The fourth-order valence-electron chi connectivity index (χ4n) is 0. The van der Waals surface area contributed by atoms with Crippen LogP contribution >= 0.6 is 0 Å². The van der Waals surface area contributed by atoms with Gasteiger partial charge in [0.05, 0.1) is 0 Å². The van der Waals surface area contributed by atoms with Crippen LogP contribution in [0.3, 0.4) is 0 Å². The van der Waals surface area contributed by atoms with Crippen LogP contribution in [0.15, 0.2) is 0 Å². The van der Waals surface area contributed by atoms with Gasteiger partial charge in [-0.25, -0.2) is 0 Å². The minimum atomic E-state index is -0.181. The van der Waals surface area contributed by atoms with Crippen molar-refractivity contribution in [3.8, 4) is 0 Å². The largest absolute Gasteiger partial charge is 2.00 e. The Bertz CT molecular complexity index is 47.0. The van der Waals surface area contributed by atoms with Gasteiger partial charge in [-0.2, -0.15) is 0 Å². The molecule has 0 atom stereocenters. The van der Waals surface area contributed by atoms with Gasteiger partial charge >= 0.3 is 89.7 Å². The van der Waals surface area contributed by atoms with Crippen LogP contribution in [0.4, 0.5) is 0 Å². The van der Waals surface area contributed by atoms with Crippen molar-refractivity contribution in [3.05, 3.63) is 0 Å². The van der Waals surface area contributed by atoms with Crippen molar-refractivity contribution in [1.29, 1.82) is 0 Å². The Morgan fingerprint density at radius 2 is 1.11 bits per heavy atom. The molecule has 0 aliphatic heterocycles. The van der Waals surface area contributed by atoms with Crippen molar-refractivity contribution in [3.63, 3.8) is 0 Å². The molecule has 44 valence electrons. The Kier molecular flexibility index (Phi) is 42.4. The van der Waals surface area contributed by atoms with E-state index in [4.69, 9.17) is 19.9 Å². The number of hydrogen-bond acceptors (Lipinski definition) is 6. The summed E-state index contributed by atoms with van der Waals surface area (Å²) >= 11 is 0. The molecular formula is B2O6Sr. The van der Waals surface area contributed by atoms with Gasteiger partial charge in [-0.15, -0.1) is 0 Å². The Morgan fingerprint density at radius 1 is 1.00 bits per heavy atom. The molecule has 0 amide bonds. The second-order valence-electron chi connectivity index (χ2n) is 0.385. The minimum Gasteiger partial charge on any atom is 2.00 e. The summed E-state index contributed by atoms with van der Waals surface area (Å²) in [5.74, 6) is 0. The van der Waals surface area contributed by atoms with Crippen molar-refractivity contribution in [1.82, 2.24) is 0 Å². The summed E-state index contributed by atoms with van der Waals surface area (Å²) in [5, 5.41) is 16.9. The first-order valence-electron chi connectivity index (χ1n) is 1.28. The van der Waals surface area contributed by atoms with Crippen LogP contribution in [0.1, 0.15) is 0 Å². The molecule has 0 radical (unpaired) electrons. The molecule has 9 heavy (non-hydrogen) atoms. The molecule has 0 fully saturated rings. The van der Waals surface area contributed by atoms with Crippen LogP contribution in [-0.4, -0.2) is 60.2 Å². The second kappa shape index (κ2) is 23.3. The molecule has 0 unspecified atom stereocenters. The maximum absolute atomic E-state index is 8.64. The van der Waals surface area contributed by atoms with Gasteiger partial charge in [-0.3, -0.25) is 0 Å². The molecule has 0 bridgehead atoms. The van der Waals surface area contributed by atoms with Gasteiger partial charge in [0.25, 0.3) is 0 Å². The van der Waals surface area contributed by atoms with Gasteiger partial charge in [0.1, 0.15) is 0 Å². The molecule has 0 aromatic carbocycles. The minimum absolute atomic E-state index is 0. The topological polar surface area (TPSA) is 98.7 Å². The maximum atomic E-state index is 8.64. The molecule has 9 heteroatoms. The Balaban J connectivity index is -0.0000000720. The molecule has 0 spiro atoms. The molecule has 0 N–H and O–H groups in total. The van der Waals surface area contributed by atoms with E-state index in [1.807, 2.05) is 0 Å². The quantitative estimate of drug-likeness (QED) is 0.259. The molecule has 0 saturated carbocycles. The van der Waals surface area contributed by atoms with Gasteiger partial charge in [0.2, 0.25) is 0 Å². The van der Waals surface area contributed by atoms with Crippen molar-refractivity contribution in [2.45, 2.75) is 0 Å². The normalized spacial score (nSPS) is 3.78. The Labute approximate surface area is 88.8 Å². The summed E-state index contributed by atoms with van der Waals surface area (Å²) in [6.45, 7) is 0. The summed E-state index contributed by atoms with van der Waals surface area (Å²) in [5.41, 5.74) is 0.